The number of hydrogen-bond donors (Lipinski definition) is 2. The standard InChI is InChI=1S/C15H20N2O2/c1-10-5-3-7-12(9-10)16-17-15(19)13-8-4-6-11(2)14(13)18/h4,6,8,10,18H,3,5,7,9H2,1-2H3,(H,17,19)/b16-12+/t10-/m1/s1. The van der Waals surface area contributed by atoms with Gasteiger partial charge in [0.1, 0.15) is 5.75 Å². The highest BCUT2D eigenvalue weighted by molar-refractivity contribution is 5.98. The Labute approximate surface area is 113 Å². The van der Waals surface area contributed by atoms with Crippen molar-refractivity contribution in [2.24, 2.45) is 11.0 Å². The van der Waals surface area contributed by atoms with Gasteiger partial charge in [-0.2, -0.15) is 5.10 Å². The Kier molecular flexibility index (Phi) is 4.20. The van der Waals surface area contributed by atoms with E-state index >= 15 is 0 Å². The van der Waals surface area contributed by atoms with E-state index in [2.05, 4.69) is 17.5 Å². The van der Waals surface area contributed by atoms with E-state index in [0.717, 1.165) is 25.0 Å². The van der Waals surface area contributed by atoms with Crippen LogP contribution in [0.15, 0.2) is 23.3 Å². The summed E-state index contributed by atoms with van der Waals surface area (Å²) in [5.74, 6) is 0.306. The van der Waals surface area contributed by atoms with Crippen molar-refractivity contribution >= 4 is 11.6 Å². The van der Waals surface area contributed by atoms with Crippen LogP contribution in [0.1, 0.15) is 48.5 Å². The molecule has 0 spiro atoms. The molecule has 1 aliphatic carbocycles. The number of phenolic OH excluding ortho intramolecular Hbond substituents is 1. The van der Waals surface area contributed by atoms with Crippen LogP contribution in [0, 0.1) is 12.8 Å². The van der Waals surface area contributed by atoms with Crippen LogP contribution in [0.2, 0.25) is 0 Å². The van der Waals surface area contributed by atoms with Gasteiger partial charge >= 0.3 is 0 Å². The average molecular weight is 260 g/mol. The molecule has 0 aromatic heterocycles. The minimum Gasteiger partial charge on any atom is -0.507 e. The van der Waals surface area contributed by atoms with E-state index < -0.39 is 0 Å². The van der Waals surface area contributed by atoms with Crippen molar-refractivity contribution in [1.82, 2.24) is 5.43 Å². The van der Waals surface area contributed by atoms with Gasteiger partial charge in [0.05, 0.1) is 5.56 Å². The number of carbonyl (C=O) groups excluding carboxylic acids is 1. The van der Waals surface area contributed by atoms with Gasteiger partial charge in [0.2, 0.25) is 0 Å². The number of nitrogens with zero attached hydrogens (tertiary/aromatic N) is 1. The van der Waals surface area contributed by atoms with Gasteiger partial charge in [0.15, 0.2) is 0 Å². The quantitative estimate of drug-likeness (QED) is 0.803. The first-order valence-electron chi connectivity index (χ1n) is 6.72. The molecular formula is C15H20N2O2. The molecule has 19 heavy (non-hydrogen) atoms. The van der Waals surface area contributed by atoms with E-state index in [-0.39, 0.29) is 17.2 Å². The molecule has 0 aliphatic heterocycles. The van der Waals surface area contributed by atoms with Crippen LogP contribution in [0.3, 0.4) is 0 Å². The Balaban J connectivity index is 2.05. The number of hydrazone groups is 1. The highest BCUT2D eigenvalue weighted by Gasteiger charge is 2.15. The predicted octanol–water partition coefficient (Wildman–Crippen LogP) is 3.00. The summed E-state index contributed by atoms with van der Waals surface area (Å²) < 4.78 is 0. The molecule has 0 heterocycles. The Morgan fingerprint density at radius 1 is 1.47 bits per heavy atom. The lowest BCUT2D eigenvalue weighted by atomic mass is 9.89. The zero-order valence-electron chi connectivity index (χ0n) is 11.4. The summed E-state index contributed by atoms with van der Waals surface area (Å²) in [4.78, 5) is 12.0. The van der Waals surface area contributed by atoms with Crippen molar-refractivity contribution in [3.05, 3.63) is 29.3 Å². The normalized spacial score (nSPS) is 21.4. The van der Waals surface area contributed by atoms with Crippen LogP contribution >= 0.6 is 0 Å². The zero-order chi connectivity index (χ0) is 13.8. The third kappa shape index (κ3) is 3.34. The minimum atomic E-state index is -0.355. The van der Waals surface area contributed by atoms with Gasteiger partial charge in [-0.1, -0.05) is 19.1 Å². The number of para-hydroxylation sites is 1. The summed E-state index contributed by atoms with van der Waals surface area (Å²) >= 11 is 0. The summed E-state index contributed by atoms with van der Waals surface area (Å²) in [6.07, 6.45) is 4.25. The SMILES string of the molecule is Cc1cccc(C(=O)N/N=C2\CCC[C@@H](C)C2)c1O. The molecule has 1 amide bonds. The zero-order valence-corrected chi connectivity index (χ0v) is 11.4. The Hall–Kier alpha value is -1.84. The fourth-order valence-electron chi connectivity index (χ4n) is 2.39. The molecular weight excluding hydrogens is 240 g/mol. The maximum Gasteiger partial charge on any atom is 0.275 e. The molecule has 1 atom stereocenters. The molecule has 0 saturated heterocycles. The van der Waals surface area contributed by atoms with E-state index in [9.17, 15) is 9.90 Å². The number of benzene rings is 1. The summed E-state index contributed by atoms with van der Waals surface area (Å²) in [5.41, 5.74) is 4.55. The van der Waals surface area contributed by atoms with Crippen LogP contribution < -0.4 is 5.43 Å². The fraction of sp³-hybridized carbons (Fsp3) is 0.467. The number of aromatic hydroxyl groups is 1. The molecule has 1 aliphatic rings. The number of aryl methyl sites for hydroxylation is 1. The van der Waals surface area contributed by atoms with Crippen LogP contribution in [0.5, 0.6) is 5.75 Å². The molecule has 0 unspecified atom stereocenters. The number of hydrogen-bond acceptors (Lipinski definition) is 3. The second-order valence-corrected chi connectivity index (χ2v) is 5.29. The molecule has 1 saturated carbocycles. The predicted molar refractivity (Wildman–Crippen MR) is 75.4 cm³/mol. The van der Waals surface area contributed by atoms with Crippen molar-refractivity contribution < 1.29 is 9.90 Å². The molecule has 2 rings (SSSR count). The van der Waals surface area contributed by atoms with Gasteiger partial charge in [0, 0.05) is 5.71 Å². The lowest BCUT2D eigenvalue weighted by molar-refractivity contribution is 0.0951. The highest BCUT2D eigenvalue weighted by atomic mass is 16.3. The van der Waals surface area contributed by atoms with Crippen molar-refractivity contribution in [2.45, 2.75) is 39.5 Å². The minimum absolute atomic E-state index is 0.0252. The largest absolute Gasteiger partial charge is 0.507 e. The first-order chi connectivity index (χ1) is 9.08. The number of rotatable bonds is 2. The molecule has 0 bridgehead atoms. The second kappa shape index (κ2) is 5.87. The fourth-order valence-corrected chi connectivity index (χ4v) is 2.39. The lowest BCUT2D eigenvalue weighted by Crippen LogP contribution is -2.22. The van der Waals surface area contributed by atoms with Crippen molar-refractivity contribution in [2.75, 3.05) is 0 Å². The van der Waals surface area contributed by atoms with Gasteiger partial charge in [-0.3, -0.25) is 4.79 Å². The van der Waals surface area contributed by atoms with Crippen LogP contribution in [0.4, 0.5) is 0 Å². The number of nitrogens with one attached hydrogen (secondary N) is 1. The van der Waals surface area contributed by atoms with Crippen LogP contribution in [-0.2, 0) is 0 Å². The smallest absolute Gasteiger partial charge is 0.275 e. The molecule has 4 nitrogen and oxygen atoms in total. The van der Waals surface area contributed by atoms with E-state index in [1.807, 2.05) is 0 Å². The topological polar surface area (TPSA) is 61.7 Å². The summed E-state index contributed by atoms with van der Waals surface area (Å²) in [6, 6.07) is 5.11. The van der Waals surface area contributed by atoms with E-state index in [1.54, 1.807) is 25.1 Å². The Morgan fingerprint density at radius 2 is 2.26 bits per heavy atom. The Morgan fingerprint density at radius 3 is 3.00 bits per heavy atom. The molecule has 1 fully saturated rings. The molecule has 2 N–H and O–H groups in total. The van der Waals surface area contributed by atoms with Crippen LogP contribution in [-0.4, -0.2) is 16.7 Å². The molecule has 0 radical (unpaired) electrons. The summed E-state index contributed by atoms with van der Waals surface area (Å²) in [6.45, 7) is 3.96. The second-order valence-electron chi connectivity index (χ2n) is 5.29. The van der Waals surface area contributed by atoms with Gasteiger partial charge in [-0.15, -0.1) is 0 Å². The molecule has 1 aromatic rings. The van der Waals surface area contributed by atoms with Crippen molar-refractivity contribution in [3.8, 4) is 5.75 Å². The molecule has 4 heteroatoms. The lowest BCUT2D eigenvalue weighted by Gasteiger charge is -2.19. The van der Waals surface area contributed by atoms with E-state index in [4.69, 9.17) is 0 Å². The number of amides is 1. The molecule has 102 valence electrons. The van der Waals surface area contributed by atoms with Crippen LogP contribution in [0.25, 0.3) is 0 Å². The monoisotopic (exact) mass is 260 g/mol. The first kappa shape index (κ1) is 13.6. The Bertz CT molecular complexity index is 509. The van der Waals surface area contributed by atoms with E-state index in [0.29, 0.717) is 11.5 Å². The van der Waals surface area contributed by atoms with Gasteiger partial charge in [0.25, 0.3) is 5.91 Å². The summed E-state index contributed by atoms with van der Waals surface area (Å²) in [7, 11) is 0. The third-order valence-electron chi connectivity index (χ3n) is 3.54. The van der Waals surface area contributed by atoms with Crippen molar-refractivity contribution in [3.63, 3.8) is 0 Å². The average Bonchev–Trinajstić information content (AvgIpc) is 2.39. The van der Waals surface area contributed by atoms with Gasteiger partial charge < -0.3 is 5.11 Å². The number of phenols is 1. The maximum atomic E-state index is 12.0. The molecule has 1 aromatic carbocycles. The van der Waals surface area contributed by atoms with E-state index in [1.165, 1.54) is 6.42 Å². The van der Waals surface area contributed by atoms with Gasteiger partial charge in [-0.05, 0) is 50.2 Å². The number of carbonyl (C=O) groups is 1. The maximum absolute atomic E-state index is 12.0. The first-order valence-corrected chi connectivity index (χ1v) is 6.72. The summed E-state index contributed by atoms with van der Waals surface area (Å²) in [5, 5.41) is 14.0. The van der Waals surface area contributed by atoms with Gasteiger partial charge in [-0.25, -0.2) is 5.43 Å². The van der Waals surface area contributed by atoms with Crippen molar-refractivity contribution in [1.29, 1.82) is 0 Å². The third-order valence-corrected chi connectivity index (χ3v) is 3.54. The highest BCUT2D eigenvalue weighted by Crippen LogP contribution is 2.22.